The predicted octanol–water partition coefficient (Wildman–Crippen LogP) is 2.92. The number of nitrogens with zero attached hydrogens (tertiary/aromatic N) is 2. The minimum absolute atomic E-state index is 0.0426. The van der Waals surface area contributed by atoms with Crippen LogP contribution in [-0.2, 0) is 4.79 Å². The second-order valence-corrected chi connectivity index (χ2v) is 5.74. The van der Waals surface area contributed by atoms with Gasteiger partial charge in [-0.1, -0.05) is 13.8 Å². The largest absolute Gasteiger partial charge is 0.325 e. The molecule has 0 aliphatic heterocycles. The molecule has 1 aromatic carbocycles. The first-order chi connectivity index (χ1) is 12.0. The van der Waals surface area contributed by atoms with Crippen LogP contribution >= 0.6 is 0 Å². The number of likely N-dealkylation sites (N-methyl/N-ethyl adjacent to an activating group) is 1. The van der Waals surface area contributed by atoms with Gasteiger partial charge >= 0.3 is 0 Å². The van der Waals surface area contributed by atoms with E-state index in [1.54, 1.807) is 30.5 Å². The summed E-state index contributed by atoms with van der Waals surface area (Å²) in [7, 11) is 0. The van der Waals surface area contributed by atoms with E-state index in [0.29, 0.717) is 17.8 Å². The van der Waals surface area contributed by atoms with Gasteiger partial charge in [-0.05, 0) is 55.9 Å². The van der Waals surface area contributed by atoms with Gasteiger partial charge in [-0.3, -0.25) is 19.5 Å². The fourth-order valence-electron chi connectivity index (χ4n) is 2.42. The number of amides is 2. The standard InChI is InChI=1S/C19H24N4O2/c1-4-23(5-2)13-18(24)22-17-9-8-16(11-14(17)3)21-19(25)15-7-6-10-20-12-15/h6-12H,4-5,13H2,1-3H3,(H,21,25)(H,22,24). The lowest BCUT2D eigenvalue weighted by Gasteiger charge is -2.18. The molecule has 6 heteroatoms. The van der Waals surface area contributed by atoms with Crippen molar-refractivity contribution >= 4 is 23.2 Å². The van der Waals surface area contributed by atoms with E-state index in [9.17, 15) is 9.59 Å². The Hall–Kier alpha value is -2.73. The zero-order chi connectivity index (χ0) is 18.2. The van der Waals surface area contributed by atoms with Gasteiger partial charge in [-0.25, -0.2) is 0 Å². The van der Waals surface area contributed by atoms with E-state index in [0.717, 1.165) is 24.3 Å². The molecular weight excluding hydrogens is 316 g/mol. The van der Waals surface area contributed by atoms with Gasteiger partial charge in [0, 0.05) is 23.8 Å². The van der Waals surface area contributed by atoms with Gasteiger partial charge in [0.15, 0.2) is 0 Å². The third kappa shape index (κ3) is 5.39. The van der Waals surface area contributed by atoms with Crippen LogP contribution < -0.4 is 10.6 Å². The molecule has 0 saturated carbocycles. The van der Waals surface area contributed by atoms with Crippen molar-refractivity contribution in [1.29, 1.82) is 0 Å². The third-order valence-corrected chi connectivity index (χ3v) is 3.94. The molecule has 1 aromatic heterocycles. The van der Waals surface area contributed by atoms with Crippen LogP contribution in [0, 0.1) is 6.92 Å². The third-order valence-electron chi connectivity index (χ3n) is 3.94. The summed E-state index contributed by atoms with van der Waals surface area (Å²) >= 11 is 0. The SMILES string of the molecule is CCN(CC)CC(=O)Nc1ccc(NC(=O)c2cccnc2)cc1C. The van der Waals surface area contributed by atoms with Gasteiger partial charge in [0.25, 0.3) is 5.91 Å². The van der Waals surface area contributed by atoms with E-state index in [2.05, 4.69) is 15.6 Å². The summed E-state index contributed by atoms with van der Waals surface area (Å²) in [6.45, 7) is 7.99. The monoisotopic (exact) mass is 340 g/mol. The fraction of sp³-hybridized carbons (Fsp3) is 0.316. The Balaban J connectivity index is 2.00. The Morgan fingerprint density at radius 2 is 1.88 bits per heavy atom. The molecule has 0 bridgehead atoms. The summed E-state index contributed by atoms with van der Waals surface area (Å²) in [5, 5.41) is 5.75. The number of anilines is 2. The Kier molecular flexibility index (Phi) is 6.65. The Labute approximate surface area is 148 Å². The van der Waals surface area contributed by atoms with Crippen molar-refractivity contribution in [2.75, 3.05) is 30.3 Å². The highest BCUT2D eigenvalue weighted by Gasteiger charge is 2.10. The van der Waals surface area contributed by atoms with E-state index in [4.69, 9.17) is 0 Å². The molecule has 2 aromatic rings. The van der Waals surface area contributed by atoms with Crippen molar-refractivity contribution < 1.29 is 9.59 Å². The number of carbonyl (C=O) groups is 2. The number of hydrogen-bond acceptors (Lipinski definition) is 4. The molecule has 0 unspecified atom stereocenters. The molecule has 0 aliphatic rings. The zero-order valence-electron chi connectivity index (χ0n) is 14.9. The second kappa shape index (κ2) is 8.94. The first kappa shape index (κ1) is 18.6. The van der Waals surface area contributed by atoms with E-state index in [1.807, 2.05) is 31.7 Å². The molecule has 0 fully saturated rings. The summed E-state index contributed by atoms with van der Waals surface area (Å²) in [5.41, 5.74) is 2.80. The van der Waals surface area contributed by atoms with E-state index in [-0.39, 0.29) is 11.8 Å². The highest BCUT2D eigenvalue weighted by molar-refractivity contribution is 6.04. The van der Waals surface area contributed by atoms with Crippen LogP contribution in [0.3, 0.4) is 0 Å². The molecule has 2 amide bonds. The number of carbonyl (C=O) groups excluding carboxylic acids is 2. The molecule has 0 radical (unpaired) electrons. The number of benzene rings is 1. The first-order valence-electron chi connectivity index (χ1n) is 8.37. The van der Waals surface area contributed by atoms with E-state index in [1.165, 1.54) is 6.20 Å². The van der Waals surface area contributed by atoms with Gasteiger partial charge < -0.3 is 10.6 Å². The Morgan fingerprint density at radius 1 is 1.12 bits per heavy atom. The van der Waals surface area contributed by atoms with Gasteiger partial charge in [-0.2, -0.15) is 0 Å². The van der Waals surface area contributed by atoms with E-state index >= 15 is 0 Å². The molecule has 6 nitrogen and oxygen atoms in total. The van der Waals surface area contributed by atoms with Gasteiger partial charge in [0.2, 0.25) is 5.91 Å². The topological polar surface area (TPSA) is 74.3 Å². The normalized spacial score (nSPS) is 10.6. The number of aromatic nitrogens is 1. The second-order valence-electron chi connectivity index (χ2n) is 5.74. The Bertz CT molecular complexity index is 727. The van der Waals surface area contributed by atoms with Crippen LogP contribution in [0.25, 0.3) is 0 Å². The van der Waals surface area contributed by atoms with Gasteiger partial charge in [0.1, 0.15) is 0 Å². The van der Waals surface area contributed by atoms with Gasteiger partial charge in [-0.15, -0.1) is 0 Å². The molecule has 1 heterocycles. The number of nitrogens with one attached hydrogen (secondary N) is 2. The van der Waals surface area contributed by atoms with Crippen LogP contribution in [-0.4, -0.2) is 41.3 Å². The smallest absolute Gasteiger partial charge is 0.257 e. The van der Waals surface area contributed by atoms with Crippen molar-refractivity contribution in [2.45, 2.75) is 20.8 Å². The van der Waals surface area contributed by atoms with Crippen LogP contribution in [0.1, 0.15) is 29.8 Å². The predicted molar refractivity (Wildman–Crippen MR) is 99.8 cm³/mol. The van der Waals surface area contributed by atoms with Crippen molar-refractivity contribution in [3.8, 4) is 0 Å². The molecule has 0 aliphatic carbocycles. The summed E-state index contributed by atoms with van der Waals surface area (Å²) in [4.78, 5) is 30.2. The molecule has 25 heavy (non-hydrogen) atoms. The Morgan fingerprint density at radius 3 is 2.48 bits per heavy atom. The highest BCUT2D eigenvalue weighted by Crippen LogP contribution is 2.20. The van der Waals surface area contributed by atoms with Crippen molar-refractivity contribution in [3.63, 3.8) is 0 Å². The number of rotatable bonds is 7. The van der Waals surface area contributed by atoms with Gasteiger partial charge in [0.05, 0.1) is 12.1 Å². The van der Waals surface area contributed by atoms with E-state index < -0.39 is 0 Å². The average molecular weight is 340 g/mol. The van der Waals surface area contributed by atoms with Crippen LogP contribution in [0.2, 0.25) is 0 Å². The van der Waals surface area contributed by atoms with Crippen LogP contribution in [0.4, 0.5) is 11.4 Å². The highest BCUT2D eigenvalue weighted by atomic mass is 16.2. The summed E-state index contributed by atoms with van der Waals surface area (Å²) < 4.78 is 0. The van der Waals surface area contributed by atoms with Crippen LogP contribution in [0.5, 0.6) is 0 Å². The number of hydrogen-bond donors (Lipinski definition) is 2. The molecule has 0 atom stereocenters. The first-order valence-corrected chi connectivity index (χ1v) is 8.37. The minimum Gasteiger partial charge on any atom is -0.325 e. The zero-order valence-corrected chi connectivity index (χ0v) is 14.9. The summed E-state index contributed by atoms with van der Waals surface area (Å²) in [5.74, 6) is -0.259. The fourth-order valence-corrected chi connectivity index (χ4v) is 2.42. The average Bonchev–Trinajstić information content (AvgIpc) is 2.62. The maximum absolute atomic E-state index is 12.1. The number of pyridine rings is 1. The molecule has 2 N–H and O–H groups in total. The summed E-state index contributed by atoms with van der Waals surface area (Å²) in [6, 6.07) is 8.83. The molecule has 0 spiro atoms. The van der Waals surface area contributed by atoms with Crippen molar-refractivity contribution in [1.82, 2.24) is 9.88 Å². The molecule has 0 saturated heterocycles. The molecule has 132 valence electrons. The maximum atomic E-state index is 12.1. The minimum atomic E-state index is -0.217. The molecule has 2 rings (SSSR count). The maximum Gasteiger partial charge on any atom is 0.257 e. The molecular formula is C19H24N4O2. The lowest BCUT2D eigenvalue weighted by atomic mass is 10.1. The van der Waals surface area contributed by atoms with Crippen molar-refractivity contribution in [3.05, 3.63) is 53.9 Å². The van der Waals surface area contributed by atoms with Crippen molar-refractivity contribution in [2.24, 2.45) is 0 Å². The lowest BCUT2D eigenvalue weighted by Crippen LogP contribution is -2.33. The quantitative estimate of drug-likeness (QED) is 0.813. The summed E-state index contributed by atoms with van der Waals surface area (Å²) in [6.07, 6.45) is 3.14. The van der Waals surface area contributed by atoms with Crippen LogP contribution in [0.15, 0.2) is 42.7 Å². The number of aryl methyl sites for hydroxylation is 1. The lowest BCUT2D eigenvalue weighted by molar-refractivity contribution is -0.117.